The summed E-state index contributed by atoms with van der Waals surface area (Å²) in [4.78, 5) is 35.1. The van der Waals surface area contributed by atoms with E-state index in [0.29, 0.717) is 18.0 Å². The smallest absolute Gasteiger partial charge is 0.255 e. The van der Waals surface area contributed by atoms with Crippen LogP contribution in [0.5, 0.6) is 17.2 Å². The topological polar surface area (TPSA) is 84.1 Å². The molecule has 1 saturated heterocycles. The normalized spacial score (nSPS) is 20.6. The molecule has 8 heteroatoms. The van der Waals surface area contributed by atoms with Crippen LogP contribution >= 0.6 is 0 Å². The molecule has 4 aromatic rings. The number of para-hydroxylation sites is 2. The number of nitrogens with zero attached hydrogens (tertiary/aromatic N) is 2. The SMILES string of the molecule is COc1ccc(CN2CC(=O)N3CC(c4ccccc4OC)c4c([nH]c5ccccc45)[C@@]3(C)C2=O)cc1OC. The summed E-state index contributed by atoms with van der Waals surface area (Å²) >= 11 is 0. The summed E-state index contributed by atoms with van der Waals surface area (Å²) in [6, 6.07) is 21.5. The van der Waals surface area contributed by atoms with Crippen molar-refractivity contribution in [2.24, 2.45) is 0 Å². The van der Waals surface area contributed by atoms with Crippen LogP contribution in [0.2, 0.25) is 0 Å². The van der Waals surface area contributed by atoms with Crippen LogP contribution in [0.15, 0.2) is 66.7 Å². The van der Waals surface area contributed by atoms with Gasteiger partial charge in [-0.3, -0.25) is 9.59 Å². The van der Waals surface area contributed by atoms with Crippen LogP contribution in [0.25, 0.3) is 10.9 Å². The van der Waals surface area contributed by atoms with Gasteiger partial charge < -0.3 is 29.0 Å². The van der Waals surface area contributed by atoms with Gasteiger partial charge in [-0.1, -0.05) is 42.5 Å². The zero-order chi connectivity index (χ0) is 27.3. The molecule has 2 aliphatic heterocycles. The van der Waals surface area contributed by atoms with Gasteiger partial charge in [0, 0.05) is 35.5 Å². The van der Waals surface area contributed by atoms with E-state index in [9.17, 15) is 9.59 Å². The maximum atomic E-state index is 14.3. The minimum Gasteiger partial charge on any atom is -0.496 e. The van der Waals surface area contributed by atoms with Crippen molar-refractivity contribution in [1.29, 1.82) is 0 Å². The molecule has 3 heterocycles. The van der Waals surface area contributed by atoms with E-state index >= 15 is 0 Å². The van der Waals surface area contributed by atoms with Crippen molar-refractivity contribution in [1.82, 2.24) is 14.8 Å². The molecule has 0 spiro atoms. The number of nitrogens with one attached hydrogen (secondary N) is 1. The predicted molar refractivity (Wildman–Crippen MR) is 147 cm³/mol. The van der Waals surface area contributed by atoms with Gasteiger partial charge in [0.05, 0.1) is 27.0 Å². The van der Waals surface area contributed by atoms with Gasteiger partial charge in [0.15, 0.2) is 17.0 Å². The highest BCUT2D eigenvalue weighted by Crippen LogP contribution is 2.49. The summed E-state index contributed by atoms with van der Waals surface area (Å²) in [7, 11) is 4.82. The van der Waals surface area contributed by atoms with Crippen LogP contribution in [0.4, 0.5) is 0 Å². The van der Waals surface area contributed by atoms with Gasteiger partial charge in [0.1, 0.15) is 12.3 Å². The molecule has 3 aromatic carbocycles. The van der Waals surface area contributed by atoms with Crippen molar-refractivity contribution >= 4 is 22.7 Å². The van der Waals surface area contributed by atoms with Gasteiger partial charge in [0.2, 0.25) is 5.91 Å². The molecule has 1 fully saturated rings. The molecule has 1 unspecified atom stereocenters. The van der Waals surface area contributed by atoms with E-state index in [0.717, 1.165) is 39.0 Å². The number of carbonyl (C=O) groups is 2. The molecule has 39 heavy (non-hydrogen) atoms. The van der Waals surface area contributed by atoms with Gasteiger partial charge in [-0.2, -0.15) is 0 Å². The Kier molecular flexibility index (Phi) is 5.98. The minimum atomic E-state index is -1.18. The zero-order valence-electron chi connectivity index (χ0n) is 22.5. The number of fused-ring (bicyclic) bond motifs is 5. The van der Waals surface area contributed by atoms with Crippen molar-refractivity contribution in [2.45, 2.75) is 24.9 Å². The number of H-pyrrole nitrogens is 1. The Balaban J connectivity index is 1.47. The fourth-order valence-corrected chi connectivity index (χ4v) is 6.24. The number of hydrogen-bond donors (Lipinski definition) is 1. The van der Waals surface area contributed by atoms with Gasteiger partial charge >= 0.3 is 0 Å². The maximum Gasteiger partial charge on any atom is 0.255 e. The number of ether oxygens (including phenoxy) is 3. The third-order valence-electron chi connectivity index (χ3n) is 8.15. The number of benzene rings is 3. The highest BCUT2D eigenvalue weighted by atomic mass is 16.5. The predicted octanol–water partition coefficient (Wildman–Crippen LogP) is 4.43. The fraction of sp³-hybridized carbons (Fsp3) is 0.290. The quantitative estimate of drug-likeness (QED) is 0.403. The molecule has 200 valence electrons. The number of rotatable bonds is 6. The third kappa shape index (κ3) is 3.73. The van der Waals surface area contributed by atoms with E-state index in [-0.39, 0.29) is 30.8 Å². The second-order valence-corrected chi connectivity index (χ2v) is 10.2. The van der Waals surface area contributed by atoms with Gasteiger partial charge in [0.25, 0.3) is 5.91 Å². The highest BCUT2D eigenvalue weighted by Gasteiger charge is 2.56. The molecule has 0 saturated carbocycles. The van der Waals surface area contributed by atoms with Crippen molar-refractivity contribution in [3.63, 3.8) is 0 Å². The number of aromatic amines is 1. The molecule has 0 aliphatic carbocycles. The molecule has 0 bridgehead atoms. The lowest BCUT2D eigenvalue weighted by atomic mass is 9.76. The Morgan fingerprint density at radius 2 is 1.62 bits per heavy atom. The molecular weight excluding hydrogens is 494 g/mol. The number of amides is 2. The largest absolute Gasteiger partial charge is 0.496 e. The monoisotopic (exact) mass is 525 g/mol. The van der Waals surface area contributed by atoms with Crippen LogP contribution < -0.4 is 14.2 Å². The fourth-order valence-electron chi connectivity index (χ4n) is 6.24. The van der Waals surface area contributed by atoms with Gasteiger partial charge in [-0.25, -0.2) is 0 Å². The van der Waals surface area contributed by atoms with Crippen LogP contribution in [-0.2, 0) is 21.7 Å². The number of aromatic nitrogens is 1. The van der Waals surface area contributed by atoms with E-state index in [4.69, 9.17) is 14.2 Å². The lowest BCUT2D eigenvalue weighted by Gasteiger charge is -2.51. The summed E-state index contributed by atoms with van der Waals surface area (Å²) in [5.74, 6) is 1.57. The Morgan fingerprint density at radius 1 is 0.897 bits per heavy atom. The van der Waals surface area contributed by atoms with E-state index in [1.165, 1.54) is 0 Å². The van der Waals surface area contributed by atoms with Gasteiger partial charge in [-0.15, -0.1) is 0 Å². The molecule has 2 atom stereocenters. The summed E-state index contributed by atoms with van der Waals surface area (Å²) in [5, 5.41) is 1.04. The number of carbonyl (C=O) groups excluding carboxylic acids is 2. The summed E-state index contributed by atoms with van der Waals surface area (Å²) in [6.07, 6.45) is 0. The second kappa shape index (κ2) is 9.38. The van der Waals surface area contributed by atoms with Crippen LogP contribution in [0.1, 0.15) is 35.2 Å². The van der Waals surface area contributed by atoms with Crippen LogP contribution in [-0.4, -0.2) is 61.0 Å². The van der Waals surface area contributed by atoms with Gasteiger partial charge in [-0.05, 0) is 42.3 Å². The first-order valence-electron chi connectivity index (χ1n) is 13.0. The molecule has 1 N–H and O–H groups in total. The molecule has 2 amide bonds. The number of hydrogen-bond acceptors (Lipinski definition) is 5. The van der Waals surface area contributed by atoms with Crippen LogP contribution in [0.3, 0.4) is 0 Å². The lowest BCUT2D eigenvalue weighted by molar-refractivity contribution is -0.166. The summed E-state index contributed by atoms with van der Waals surface area (Å²) in [6.45, 7) is 2.51. The third-order valence-corrected chi connectivity index (χ3v) is 8.15. The first-order chi connectivity index (χ1) is 18.9. The Hall–Kier alpha value is -4.46. The molecule has 1 aromatic heterocycles. The van der Waals surface area contributed by atoms with E-state index in [2.05, 4.69) is 11.1 Å². The van der Waals surface area contributed by atoms with Crippen molar-refractivity contribution in [3.8, 4) is 17.2 Å². The molecule has 2 aliphatic rings. The maximum absolute atomic E-state index is 14.3. The Bertz CT molecular complexity index is 1590. The average molecular weight is 526 g/mol. The molecule has 8 nitrogen and oxygen atoms in total. The first kappa shape index (κ1) is 24.9. The number of piperazine rings is 1. The highest BCUT2D eigenvalue weighted by molar-refractivity contribution is 6.01. The van der Waals surface area contributed by atoms with Crippen LogP contribution in [0, 0.1) is 0 Å². The molecular formula is C31H31N3O5. The van der Waals surface area contributed by atoms with E-state index in [1.54, 1.807) is 31.1 Å². The van der Waals surface area contributed by atoms with E-state index < -0.39 is 5.54 Å². The Morgan fingerprint density at radius 3 is 2.38 bits per heavy atom. The standard InChI is InChI=1S/C31H31N3O5/c1-31-29-28(21-10-5-7-11-23(21)32-29)22(20-9-6-8-12-24(20)37-2)17-34(31)27(35)18-33(30(31)36)16-19-13-14-25(38-3)26(15-19)39-4/h5-15,22,32H,16-18H2,1-4H3/t22?,31-/m0/s1. The lowest BCUT2D eigenvalue weighted by Crippen LogP contribution is -2.67. The summed E-state index contributed by atoms with van der Waals surface area (Å²) in [5.41, 5.74) is 3.37. The average Bonchev–Trinajstić information content (AvgIpc) is 3.36. The number of methoxy groups -OCH3 is 3. The van der Waals surface area contributed by atoms with Crippen molar-refractivity contribution in [2.75, 3.05) is 34.4 Å². The summed E-state index contributed by atoms with van der Waals surface area (Å²) < 4.78 is 16.5. The first-order valence-corrected chi connectivity index (χ1v) is 13.0. The second-order valence-electron chi connectivity index (χ2n) is 10.2. The van der Waals surface area contributed by atoms with Crippen molar-refractivity contribution < 1.29 is 23.8 Å². The zero-order valence-corrected chi connectivity index (χ0v) is 22.5. The minimum absolute atomic E-state index is 0.00300. The van der Waals surface area contributed by atoms with E-state index in [1.807, 2.05) is 67.6 Å². The molecule has 0 radical (unpaired) electrons. The van der Waals surface area contributed by atoms with Crippen molar-refractivity contribution in [3.05, 3.63) is 89.1 Å². The molecule has 6 rings (SSSR count). The Labute approximate surface area is 227 Å².